The second-order valence-corrected chi connectivity index (χ2v) is 4.28. The molecule has 2 unspecified atom stereocenters. The van der Waals surface area contributed by atoms with Crippen LogP contribution in [-0.2, 0) is 0 Å². The van der Waals surface area contributed by atoms with Crippen molar-refractivity contribution in [2.24, 2.45) is 5.92 Å². The molecule has 2 atom stereocenters. The van der Waals surface area contributed by atoms with Gasteiger partial charge in [0.05, 0.1) is 0 Å². The number of hydrogen-bond acceptors (Lipinski definition) is 2. The van der Waals surface area contributed by atoms with Gasteiger partial charge < -0.3 is 5.32 Å². The molecule has 12 heavy (non-hydrogen) atoms. The van der Waals surface area contributed by atoms with E-state index in [9.17, 15) is 0 Å². The third-order valence-corrected chi connectivity index (χ3v) is 3.09. The highest BCUT2D eigenvalue weighted by Crippen LogP contribution is 2.15. The van der Waals surface area contributed by atoms with Crippen molar-refractivity contribution in [2.45, 2.75) is 39.7 Å². The predicted octanol–water partition coefficient (Wildman–Crippen LogP) is 2.76. The molecule has 0 aromatic rings. The first-order valence-corrected chi connectivity index (χ1v) is 6.37. The van der Waals surface area contributed by atoms with E-state index in [1.165, 1.54) is 18.6 Å². The van der Waals surface area contributed by atoms with Crippen molar-refractivity contribution < 1.29 is 0 Å². The summed E-state index contributed by atoms with van der Waals surface area (Å²) in [5, 5.41) is 3.50. The van der Waals surface area contributed by atoms with Gasteiger partial charge in [0.15, 0.2) is 0 Å². The minimum Gasteiger partial charge on any atom is -0.314 e. The first-order valence-electron chi connectivity index (χ1n) is 4.98. The lowest BCUT2D eigenvalue weighted by Gasteiger charge is -2.22. The Balaban J connectivity index is 3.62. The Hall–Kier alpha value is 0.310. The summed E-state index contributed by atoms with van der Waals surface area (Å²) >= 11 is 1.95. The summed E-state index contributed by atoms with van der Waals surface area (Å²) in [7, 11) is 0. The molecule has 0 spiro atoms. The van der Waals surface area contributed by atoms with Gasteiger partial charge in [-0.2, -0.15) is 11.8 Å². The van der Waals surface area contributed by atoms with Gasteiger partial charge in [-0.05, 0) is 37.8 Å². The van der Waals surface area contributed by atoms with Crippen LogP contribution in [0.25, 0.3) is 0 Å². The average molecular weight is 189 g/mol. The SMILES string of the molecule is CCNC(C)C(CC)CCSC. The second-order valence-electron chi connectivity index (χ2n) is 3.30. The molecule has 1 N–H and O–H groups in total. The smallest absolute Gasteiger partial charge is 0.00670 e. The zero-order valence-corrected chi connectivity index (χ0v) is 9.71. The standard InChI is InChI=1S/C10H23NS/c1-5-10(7-8-12-4)9(3)11-6-2/h9-11H,5-8H2,1-4H3. The van der Waals surface area contributed by atoms with E-state index < -0.39 is 0 Å². The molecular weight excluding hydrogens is 166 g/mol. The summed E-state index contributed by atoms with van der Waals surface area (Å²) in [5.41, 5.74) is 0. The largest absolute Gasteiger partial charge is 0.314 e. The number of nitrogens with one attached hydrogen (secondary N) is 1. The Morgan fingerprint density at radius 3 is 2.42 bits per heavy atom. The highest BCUT2D eigenvalue weighted by molar-refractivity contribution is 7.98. The molecule has 0 saturated carbocycles. The normalized spacial score (nSPS) is 16.0. The fourth-order valence-corrected chi connectivity index (χ4v) is 2.10. The molecule has 0 aliphatic carbocycles. The topological polar surface area (TPSA) is 12.0 Å². The molecule has 0 aromatic carbocycles. The van der Waals surface area contributed by atoms with Gasteiger partial charge in [-0.15, -0.1) is 0 Å². The Morgan fingerprint density at radius 1 is 1.33 bits per heavy atom. The van der Waals surface area contributed by atoms with Gasteiger partial charge in [-0.1, -0.05) is 20.3 Å². The maximum Gasteiger partial charge on any atom is 0.00670 e. The van der Waals surface area contributed by atoms with Crippen LogP contribution in [0.3, 0.4) is 0 Å². The van der Waals surface area contributed by atoms with Crippen LogP contribution >= 0.6 is 11.8 Å². The summed E-state index contributed by atoms with van der Waals surface area (Å²) < 4.78 is 0. The van der Waals surface area contributed by atoms with Crippen LogP contribution in [0.4, 0.5) is 0 Å². The summed E-state index contributed by atoms with van der Waals surface area (Å²) in [6.45, 7) is 7.87. The minimum absolute atomic E-state index is 0.687. The van der Waals surface area contributed by atoms with Gasteiger partial charge >= 0.3 is 0 Å². The van der Waals surface area contributed by atoms with Crippen molar-refractivity contribution in [3.8, 4) is 0 Å². The Kier molecular flexibility index (Phi) is 8.14. The Morgan fingerprint density at radius 2 is 2.00 bits per heavy atom. The van der Waals surface area contributed by atoms with E-state index in [0.717, 1.165) is 12.5 Å². The summed E-state index contributed by atoms with van der Waals surface area (Å²) in [5.74, 6) is 2.16. The lowest BCUT2D eigenvalue weighted by atomic mass is 9.95. The van der Waals surface area contributed by atoms with Crippen molar-refractivity contribution in [3.63, 3.8) is 0 Å². The van der Waals surface area contributed by atoms with E-state index >= 15 is 0 Å². The lowest BCUT2D eigenvalue weighted by Crippen LogP contribution is -2.33. The van der Waals surface area contributed by atoms with Gasteiger partial charge in [-0.3, -0.25) is 0 Å². The molecule has 0 bridgehead atoms. The maximum atomic E-state index is 3.50. The highest BCUT2D eigenvalue weighted by atomic mass is 32.2. The molecule has 1 nitrogen and oxygen atoms in total. The van der Waals surface area contributed by atoms with Gasteiger partial charge in [0.2, 0.25) is 0 Å². The van der Waals surface area contributed by atoms with E-state index in [1.807, 2.05) is 11.8 Å². The van der Waals surface area contributed by atoms with Crippen LogP contribution in [0.1, 0.15) is 33.6 Å². The zero-order chi connectivity index (χ0) is 9.40. The average Bonchev–Trinajstić information content (AvgIpc) is 2.06. The summed E-state index contributed by atoms with van der Waals surface area (Å²) in [6, 6.07) is 0.687. The van der Waals surface area contributed by atoms with Crippen molar-refractivity contribution in [1.29, 1.82) is 0 Å². The molecule has 0 aromatic heterocycles. The zero-order valence-electron chi connectivity index (χ0n) is 8.89. The van der Waals surface area contributed by atoms with Gasteiger partial charge in [-0.25, -0.2) is 0 Å². The van der Waals surface area contributed by atoms with Crippen LogP contribution in [0.15, 0.2) is 0 Å². The number of rotatable bonds is 7. The monoisotopic (exact) mass is 189 g/mol. The van der Waals surface area contributed by atoms with Crippen molar-refractivity contribution in [1.82, 2.24) is 5.32 Å². The van der Waals surface area contributed by atoms with Crippen LogP contribution in [0, 0.1) is 5.92 Å². The third kappa shape index (κ3) is 5.04. The summed E-state index contributed by atoms with van der Waals surface area (Å²) in [6.07, 6.45) is 4.84. The molecule has 0 rings (SSSR count). The van der Waals surface area contributed by atoms with E-state index in [2.05, 4.69) is 32.3 Å². The van der Waals surface area contributed by atoms with E-state index in [1.54, 1.807) is 0 Å². The minimum atomic E-state index is 0.687. The van der Waals surface area contributed by atoms with E-state index in [4.69, 9.17) is 0 Å². The summed E-state index contributed by atoms with van der Waals surface area (Å²) in [4.78, 5) is 0. The number of hydrogen-bond donors (Lipinski definition) is 1. The fourth-order valence-electron chi connectivity index (χ4n) is 1.57. The lowest BCUT2D eigenvalue weighted by molar-refractivity contribution is 0.362. The highest BCUT2D eigenvalue weighted by Gasteiger charge is 2.12. The molecular formula is C10H23NS. The van der Waals surface area contributed by atoms with Crippen molar-refractivity contribution in [2.75, 3.05) is 18.6 Å². The third-order valence-electron chi connectivity index (χ3n) is 2.45. The van der Waals surface area contributed by atoms with E-state index in [-0.39, 0.29) is 0 Å². The maximum absolute atomic E-state index is 3.50. The predicted molar refractivity (Wildman–Crippen MR) is 59.9 cm³/mol. The van der Waals surface area contributed by atoms with Crippen LogP contribution in [0.2, 0.25) is 0 Å². The fraction of sp³-hybridized carbons (Fsp3) is 1.00. The first kappa shape index (κ1) is 12.3. The van der Waals surface area contributed by atoms with Crippen LogP contribution in [0.5, 0.6) is 0 Å². The van der Waals surface area contributed by atoms with Gasteiger partial charge in [0.25, 0.3) is 0 Å². The number of thioether (sulfide) groups is 1. The molecule has 0 aliphatic heterocycles. The van der Waals surface area contributed by atoms with Crippen LogP contribution < -0.4 is 5.32 Å². The molecule has 0 amide bonds. The molecule has 0 fully saturated rings. The van der Waals surface area contributed by atoms with Gasteiger partial charge in [0.1, 0.15) is 0 Å². The molecule has 2 heteroatoms. The Labute approximate surface area is 81.7 Å². The molecule has 0 saturated heterocycles. The van der Waals surface area contributed by atoms with E-state index in [0.29, 0.717) is 6.04 Å². The Bertz CT molecular complexity index is 95.8. The van der Waals surface area contributed by atoms with Crippen molar-refractivity contribution in [3.05, 3.63) is 0 Å². The van der Waals surface area contributed by atoms with Crippen molar-refractivity contribution >= 4 is 11.8 Å². The molecule has 0 heterocycles. The second kappa shape index (κ2) is 7.93. The van der Waals surface area contributed by atoms with Crippen LogP contribution in [-0.4, -0.2) is 24.6 Å². The molecule has 0 aliphatic rings. The van der Waals surface area contributed by atoms with Gasteiger partial charge in [0, 0.05) is 6.04 Å². The molecule has 74 valence electrons. The first-order chi connectivity index (χ1) is 5.76. The molecule has 0 radical (unpaired) electrons. The quantitative estimate of drug-likeness (QED) is 0.661.